The highest BCUT2D eigenvalue weighted by Gasteiger charge is 2.32. The smallest absolute Gasteiger partial charge is 0.240 e. The van der Waals surface area contributed by atoms with Gasteiger partial charge in [0.15, 0.2) is 0 Å². The first-order chi connectivity index (χ1) is 13.5. The van der Waals surface area contributed by atoms with Crippen LogP contribution in [0.4, 0.5) is 0 Å². The molecule has 158 valence electrons. The van der Waals surface area contributed by atoms with Crippen molar-refractivity contribution in [1.82, 2.24) is 10.6 Å². The Labute approximate surface area is 170 Å². The summed E-state index contributed by atoms with van der Waals surface area (Å²) < 4.78 is 0. The summed E-state index contributed by atoms with van der Waals surface area (Å²) >= 11 is 0. The van der Waals surface area contributed by atoms with Crippen molar-refractivity contribution in [2.24, 2.45) is 5.73 Å². The van der Waals surface area contributed by atoms with Gasteiger partial charge in [0.1, 0.15) is 0 Å². The van der Waals surface area contributed by atoms with Crippen LogP contribution in [0.15, 0.2) is 30.3 Å². The largest absolute Gasteiger partial charge is 0.356 e. The van der Waals surface area contributed by atoms with E-state index in [1.807, 2.05) is 30.3 Å². The minimum Gasteiger partial charge on any atom is -0.356 e. The Hall–Kier alpha value is -1.88. The Morgan fingerprint density at radius 2 is 1.46 bits per heavy atom. The van der Waals surface area contributed by atoms with Crippen molar-refractivity contribution >= 4 is 11.8 Å². The third-order valence-electron chi connectivity index (χ3n) is 5.10. The molecule has 1 aromatic carbocycles. The number of carbonyl (C=O) groups is 2. The van der Waals surface area contributed by atoms with Crippen molar-refractivity contribution in [2.75, 3.05) is 13.1 Å². The van der Waals surface area contributed by atoms with Crippen LogP contribution in [0.1, 0.15) is 77.2 Å². The first-order valence-electron chi connectivity index (χ1n) is 10.9. The first-order valence-corrected chi connectivity index (χ1v) is 10.9. The van der Waals surface area contributed by atoms with Gasteiger partial charge in [-0.2, -0.15) is 0 Å². The van der Waals surface area contributed by atoms with E-state index in [1.54, 1.807) is 0 Å². The van der Waals surface area contributed by atoms with Gasteiger partial charge in [-0.3, -0.25) is 9.59 Å². The van der Waals surface area contributed by atoms with Crippen LogP contribution in [-0.2, 0) is 16.0 Å². The third-order valence-corrected chi connectivity index (χ3v) is 5.10. The first kappa shape index (κ1) is 24.2. The Kier molecular flexibility index (Phi) is 12.2. The van der Waals surface area contributed by atoms with Crippen molar-refractivity contribution in [1.29, 1.82) is 0 Å². The SMILES string of the molecule is CCCCC(N)(CCCC)C(=O)NCCCCNC(=O)CCc1ccccc1. The summed E-state index contributed by atoms with van der Waals surface area (Å²) in [4.78, 5) is 24.4. The quantitative estimate of drug-likeness (QED) is 0.400. The third kappa shape index (κ3) is 9.88. The molecule has 0 aliphatic rings. The highest BCUT2D eigenvalue weighted by Crippen LogP contribution is 2.19. The highest BCUT2D eigenvalue weighted by atomic mass is 16.2. The number of benzene rings is 1. The number of carbonyl (C=O) groups excluding carboxylic acids is 2. The van der Waals surface area contributed by atoms with Crippen LogP contribution in [0.25, 0.3) is 0 Å². The second-order valence-corrected chi connectivity index (χ2v) is 7.66. The molecule has 0 radical (unpaired) electrons. The van der Waals surface area contributed by atoms with Crippen LogP contribution in [0, 0.1) is 0 Å². The van der Waals surface area contributed by atoms with Gasteiger partial charge in [-0.15, -0.1) is 0 Å². The molecule has 5 nitrogen and oxygen atoms in total. The van der Waals surface area contributed by atoms with E-state index in [4.69, 9.17) is 5.73 Å². The van der Waals surface area contributed by atoms with Gasteiger partial charge in [-0.1, -0.05) is 69.9 Å². The average molecular weight is 390 g/mol. The minimum atomic E-state index is -0.738. The maximum atomic E-state index is 12.5. The average Bonchev–Trinajstić information content (AvgIpc) is 2.72. The van der Waals surface area contributed by atoms with Gasteiger partial charge < -0.3 is 16.4 Å². The zero-order chi connectivity index (χ0) is 20.7. The van der Waals surface area contributed by atoms with Crippen molar-refractivity contribution < 1.29 is 9.59 Å². The number of unbranched alkanes of at least 4 members (excludes halogenated alkanes) is 3. The number of amides is 2. The van der Waals surface area contributed by atoms with Crippen molar-refractivity contribution in [3.05, 3.63) is 35.9 Å². The van der Waals surface area contributed by atoms with Gasteiger partial charge in [0.25, 0.3) is 0 Å². The van der Waals surface area contributed by atoms with E-state index in [9.17, 15) is 9.59 Å². The van der Waals surface area contributed by atoms with E-state index >= 15 is 0 Å². The van der Waals surface area contributed by atoms with Gasteiger partial charge in [0.2, 0.25) is 11.8 Å². The fourth-order valence-electron chi connectivity index (χ4n) is 3.18. The van der Waals surface area contributed by atoms with Crippen LogP contribution in [-0.4, -0.2) is 30.4 Å². The number of nitrogens with two attached hydrogens (primary N) is 1. The molecule has 0 heterocycles. The van der Waals surface area contributed by atoms with E-state index in [1.165, 1.54) is 5.56 Å². The monoisotopic (exact) mass is 389 g/mol. The zero-order valence-corrected chi connectivity index (χ0v) is 17.8. The molecule has 0 saturated heterocycles. The maximum Gasteiger partial charge on any atom is 0.240 e. The molecule has 0 unspecified atom stereocenters. The molecule has 1 rings (SSSR count). The molecule has 5 heteroatoms. The molecule has 0 saturated carbocycles. The predicted octanol–water partition coefficient (Wildman–Crippen LogP) is 3.71. The maximum absolute atomic E-state index is 12.5. The van der Waals surface area contributed by atoms with Crippen LogP contribution in [0.3, 0.4) is 0 Å². The molecular formula is C23H39N3O2. The summed E-state index contributed by atoms with van der Waals surface area (Å²) in [7, 11) is 0. The standard InChI is InChI=1S/C23H39N3O2/c1-3-5-16-23(24,17-6-4-2)22(28)26-19-11-10-18-25-21(27)15-14-20-12-8-7-9-13-20/h7-9,12-13H,3-6,10-11,14-19,24H2,1-2H3,(H,25,27)(H,26,28). The summed E-state index contributed by atoms with van der Waals surface area (Å²) in [6.45, 7) is 5.48. The zero-order valence-electron chi connectivity index (χ0n) is 17.8. The molecule has 0 aromatic heterocycles. The van der Waals surface area contributed by atoms with Gasteiger partial charge in [0, 0.05) is 19.5 Å². The fraction of sp³-hybridized carbons (Fsp3) is 0.652. The molecule has 0 bridgehead atoms. The fourth-order valence-corrected chi connectivity index (χ4v) is 3.18. The molecule has 1 aromatic rings. The van der Waals surface area contributed by atoms with Crippen molar-refractivity contribution in [2.45, 2.75) is 83.6 Å². The van der Waals surface area contributed by atoms with E-state index in [0.717, 1.165) is 57.8 Å². The van der Waals surface area contributed by atoms with Gasteiger partial charge >= 0.3 is 0 Å². The lowest BCUT2D eigenvalue weighted by atomic mass is 9.87. The highest BCUT2D eigenvalue weighted by molar-refractivity contribution is 5.86. The van der Waals surface area contributed by atoms with E-state index in [-0.39, 0.29) is 11.8 Å². The second kappa shape index (κ2) is 14.2. The number of nitrogens with one attached hydrogen (secondary N) is 2. The number of hydrogen-bond acceptors (Lipinski definition) is 3. The van der Waals surface area contributed by atoms with E-state index in [2.05, 4.69) is 24.5 Å². The molecule has 4 N–H and O–H groups in total. The Balaban J connectivity index is 2.17. The lowest BCUT2D eigenvalue weighted by Crippen LogP contribution is -2.54. The number of hydrogen-bond donors (Lipinski definition) is 3. The van der Waals surface area contributed by atoms with Crippen LogP contribution < -0.4 is 16.4 Å². The van der Waals surface area contributed by atoms with Crippen LogP contribution >= 0.6 is 0 Å². The van der Waals surface area contributed by atoms with Gasteiger partial charge in [-0.05, 0) is 37.7 Å². The van der Waals surface area contributed by atoms with Crippen molar-refractivity contribution in [3.63, 3.8) is 0 Å². The normalized spacial score (nSPS) is 11.2. The predicted molar refractivity (Wildman–Crippen MR) is 116 cm³/mol. The van der Waals surface area contributed by atoms with E-state index < -0.39 is 5.54 Å². The lowest BCUT2D eigenvalue weighted by Gasteiger charge is -2.28. The Bertz CT molecular complexity index is 552. The van der Waals surface area contributed by atoms with Crippen LogP contribution in [0.2, 0.25) is 0 Å². The van der Waals surface area contributed by atoms with E-state index in [0.29, 0.717) is 19.5 Å². The van der Waals surface area contributed by atoms with Gasteiger partial charge in [-0.25, -0.2) is 0 Å². The summed E-state index contributed by atoms with van der Waals surface area (Å²) in [6, 6.07) is 10.0. The molecule has 0 atom stereocenters. The topological polar surface area (TPSA) is 84.2 Å². The second-order valence-electron chi connectivity index (χ2n) is 7.66. The summed E-state index contributed by atoms with van der Waals surface area (Å²) in [6.07, 6.45) is 8.47. The molecule has 0 aliphatic carbocycles. The van der Waals surface area contributed by atoms with Crippen LogP contribution in [0.5, 0.6) is 0 Å². The summed E-state index contributed by atoms with van der Waals surface area (Å²) in [5.41, 5.74) is 6.85. The summed E-state index contributed by atoms with van der Waals surface area (Å²) in [5, 5.41) is 5.95. The minimum absolute atomic E-state index is 0.0266. The lowest BCUT2D eigenvalue weighted by molar-refractivity contribution is -0.127. The number of aryl methyl sites for hydroxylation is 1. The Morgan fingerprint density at radius 3 is 2.04 bits per heavy atom. The summed E-state index contributed by atoms with van der Waals surface area (Å²) in [5.74, 6) is 0.0503. The number of rotatable bonds is 15. The molecule has 28 heavy (non-hydrogen) atoms. The molecular weight excluding hydrogens is 350 g/mol. The molecule has 0 fully saturated rings. The molecule has 0 spiro atoms. The Morgan fingerprint density at radius 1 is 0.893 bits per heavy atom. The molecule has 2 amide bonds. The molecule has 0 aliphatic heterocycles. The van der Waals surface area contributed by atoms with Crippen molar-refractivity contribution in [3.8, 4) is 0 Å². The van der Waals surface area contributed by atoms with Gasteiger partial charge in [0.05, 0.1) is 5.54 Å².